The standard InChI is InChI=1S/C24H38O4.C16H25NO5.C11H20O3.C2H6/c1-17(11-9-8-10-12-18(2)22(6)28-7)15-20(4)24(27)16-23(26)19(3)13-14-21(5)25;1-3-21-16(20)12-8-4-5-9-17(12)15(19)13(18)14-11(2)7-6-10-22-14;1-11(2,8-12)10(13)14-9-6-4-3-5-7-9;1-2/h8-13,17,20,22-23,26H,14-16H2,1-7H3;11-12,14H,3-10H2,1-2H3;9,12H,3-8H2,1-2H3;1-2H3/b10-8+,11-9+,18-12+,19-13+;;;. The largest absolute Gasteiger partial charge is 0.464 e. The normalized spacial score (nSPS) is 21.4. The van der Waals surface area contributed by atoms with Crippen molar-refractivity contribution in [1.29, 1.82) is 0 Å². The molecule has 3 fully saturated rings. The maximum atomic E-state index is 12.6. The van der Waals surface area contributed by atoms with E-state index >= 15 is 0 Å². The monoisotopic (exact) mass is 932 g/mol. The Bertz CT molecular complexity index is 1590. The summed E-state index contributed by atoms with van der Waals surface area (Å²) < 4.78 is 21.1. The van der Waals surface area contributed by atoms with E-state index in [0.29, 0.717) is 31.6 Å². The Morgan fingerprint density at radius 3 is 2.08 bits per heavy atom. The van der Waals surface area contributed by atoms with Crippen molar-refractivity contribution in [3.8, 4) is 0 Å². The number of ether oxygens (including phenoxy) is 4. The average molecular weight is 932 g/mol. The highest BCUT2D eigenvalue weighted by molar-refractivity contribution is 6.38. The van der Waals surface area contributed by atoms with Crippen molar-refractivity contribution in [1.82, 2.24) is 4.90 Å². The number of rotatable bonds is 20. The van der Waals surface area contributed by atoms with Gasteiger partial charge in [0.15, 0.2) is 0 Å². The quantitative estimate of drug-likeness (QED) is 0.0512. The van der Waals surface area contributed by atoms with Gasteiger partial charge in [0.2, 0.25) is 5.78 Å². The Hall–Kier alpha value is -3.78. The number of ketones is 3. The van der Waals surface area contributed by atoms with Crippen LogP contribution < -0.4 is 0 Å². The molecule has 2 heterocycles. The van der Waals surface area contributed by atoms with E-state index in [9.17, 15) is 33.9 Å². The maximum absolute atomic E-state index is 12.6. The van der Waals surface area contributed by atoms with Gasteiger partial charge >= 0.3 is 11.9 Å². The molecule has 0 bridgehead atoms. The molecule has 0 aromatic carbocycles. The summed E-state index contributed by atoms with van der Waals surface area (Å²) >= 11 is 0. The van der Waals surface area contributed by atoms with Crippen molar-refractivity contribution < 1.29 is 57.9 Å². The number of aliphatic hydroxyl groups is 2. The minimum atomic E-state index is -0.812. The second-order valence-electron chi connectivity index (χ2n) is 18.5. The summed E-state index contributed by atoms with van der Waals surface area (Å²) in [4.78, 5) is 73.4. The summed E-state index contributed by atoms with van der Waals surface area (Å²) in [5.74, 6) is -1.55. The van der Waals surface area contributed by atoms with Gasteiger partial charge in [0.05, 0.1) is 30.8 Å². The Balaban J connectivity index is 0.000000987. The smallest absolute Gasteiger partial charge is 0.328 e. The number of esters is 2. The first-order chi connectivity index (χ1) is 31.2. The van der Waals surface area contributed by atoms with Gasteiger partial charge in [0, 0.05) is 39.0 Å². The van der Waals surface area contributed by atoms with Gasteiger partial charge in [0.25, 0.3) is 5.91 Å². The summed E-state index contributed by atoms with van der Waals surface area (Å²) in [6.07, 6.45) is 21.1. The Kier molecular flexibility index (Phi) is 32.5. The number of carbonyl (C=O) groups is 6. The molecular weight excluding hydrogens is 843 g/mol. The fourth-order valence-electron chi connectivity index (χ4n) is 7.35. The van der Waals surface area contributed by atoms with Crippen LogP contribution in [0.3, 0.4) is 0 Å². The Labute approximate surface area is 398 Å². The van der Waals surface area contributed by atoms with E-state index in [-0.39, 0.29) is 67.1 Å². The predicted molar refractivity (Wildman–Crippen MR) is 260 cm³/mol. The fraction of sp³-hybridized carbons (Fsp3) is 0.736. The second kappa shape index (κ2) is 34.5. The molecule has 7 unspecified atom stereocenters. The fourth-order valence-corrected chi connectivity index (χ4v) is 7.35. The molecule has 13 heteroatoms. The number of methoxy groups -OCH3 is 1. The molecule has 2 saturated heterocycles. The number of amides is 1. The molecule has 0 aromatic rings. The molecule has 0 aromatic heterocycles. The molecule has 0 spiro atoms. The number of hydrogen-bond donors (Lipinski definition) is 2. The lowest BCUT2D eigenvalue weighted by molar-refractivity contribution is -0.163. The van der Waals surface area contributed by atoms with Crippen molar-refractivity contribution in [2.45, 2.75) is 197 Å². The van der Waals surface area contributed by atoms with E-state index in [1.807, 2.05) is 65.8 Å². The number of nitrogens with zero attached hydrogens (tertiary/aromatic N) is 1. The Morgan fingerprint density at radius 2 is 1.50 bits per heavy atom. The van der Waals surface area contributed by atoms with Gasteiger partial charge in [-0.25, -0.2) is 4.79 Å². The molecule has 3 aliphatic rings. The van der Waals surface area contributed by atoms with Gasteiger partial charge in [0.1, 0.15) is 29.8 Å². The van der Waals surface area contributed by atoms with E-state index in [2.05, 4.69) is 13.0 Å². The molecule has 378 valence electrons. The predicted octanol–water partition coefficient (Wildman–Crippen LogP) is 9.21. The number of aliphatic hydroxyl groups excluding tert-OH is 2. The molecule has 1 aliphatic carbocycles. The van der Waals surface area contributed by atoms with Crippen LogP contribution in [0.15, 0.2) is 47.6 Å². The third kappa shape index (κ3) is 24.3. The van der Waals surface area contributed by atoms with Crippen LogP contribution in [0, 0.1) is 23.2 Å². The van der Waals surface area contributed by atoms with Gasteiger partial charge in [-0.15, -0.1) is 0 Å². The van der Waals surface area contributed by atoms with Crippen LogP contribution in [0.2, 0.25) is 0 Å². The lowest BCUT2D eigenvalue weighted by Crippen LogP contribution is -2.54. The van der Waals surface area contributed by atoms with E-state index in [0.717, 1.165) is 63.4 Å². The molecule has 2 N–H and O–H groups in total. The summed E-state index contributed by atoms with van der Waals surface area (Å²) in [6, 6.07) is -0.635. The SMILES string of the molecule is CC.CC(C)(CO)C(=O)OC1CCCCC1.CCOC(=O)C1CCCCN1C(=O)C(=O)C1OCCCC1C.COC(C)/C(C)=C/C=C/C=C/C(C)CC(C)C(=O)CC(O)/C(C)=C/CC(C)=O. The highest BCUT2D eigenvalue weighted by Gasteiger charge is 2.41. The lowest BCUT2D eigenvalue weighted by Gasteiger charge is -2.35. The van der Waals surface area contributed by atoms with E-state index < -0.39 is 41.3 Å². The molecule has 66 heavy (non-hydrogen) atoms. The molecule has 7 atom stereocenters. The summed E-state index contributed by atoms with van der Waals surface area (Å²) in [5, 5.41) is 19.1. The number of hydrogen-bond acceptors (Lipinski definition) is 12. The molecule has 3 rings (SSSR count). The van der Waals surface area contributed by atoms with E-state index in [4.69, 9.17) is 24.1 Å². The summed E-state index contributed by atoms with van der Waals surface area (Å²) in [5.41, 5.74) is 1.09. The molecular formula is C53H89NO12. The molecule has 13 nitrogen and oxygen atoms in total. The highest BCUT2D eigenvalue weighted by atomic mass is 16.5. The number of allylic oxidation sites excluding steroid dienone is 6. The minimum absolute atomic E-state index is 0.0380. The van der Waals surface area contributed by atoms with E-state index in [1.54, 1.807) is 40.9 Å². The van der Waals surface area contributed by atoms with Crippen LogP contribution in [0.25, 0.3) is 0 Å². The first-order valence-corrected chi connectivity index (χ1v) is 24.6. The molecule has 0 radical (unpaired) electrons. The van der Waals surface area contributed by atoms with Crippen LogP contribution in [-0.4, -0.2) is 114 Å². The van der Waals surface area contributed by atoms with Crippen LogP contribution in [0.4, 0.5) is 0 Å². The van der Waals surface area contributed by atoms with Crippen molar-refractivity contribution >= 4 is 35.2 Å². The third-order valence-corrected chi connectivity index (χ3v) is 12.1. The van der Waals surface area contributed by atoms with Gasteiger partial charge < -0.3 is 34.1 Å². The zero-order chi connectivity index (χ0) is 50.4. The molecule has 1 saturated carbocycles. The van der Waals surface area contributed by atoms with E-state index in [1.165, 1.54) is 18.2 Å². The number of carbonyl (C=O) groups excluding carboxylic acids is 6. The summed E-state index contributed by atoms with van der Waals surface area (Å²) in [6.45, 7) is 23.4. The lowest BCUT2D eigenvalue weighted by atomic mass is 9.90. The Morgan fingerprint density at radius 1 is 0.864 bits per heavy atom. The van der Waals surface area contributed by atoms with Crippen molar-refractivity contribution in [2.75, 3.05) is 33.5 Å². The zero-order valence-electron chi connectivity index (χ0n) is 43.0. The van der Waals surface area contributed by atoms with Gasteiger partial charge in [-0.3, -0.25) is 24.0 Å². The van der Waals surface area contributed by atoms with Crippen LogP contribution in [-0.2, 0) is 47.7 Å². The first-order valence-electron chi connectivity index (χ1n) is 24.6. The van der Waals surface area contributed by atoms with Gasteiger partial charge in [-0.1, -0.05) is 77.5 Å². The van der Waals surface area contributed by atoms with Crippen LogP contribution in [0.5, 0.6) is 0 Å². The zero-order valence-corrected chi connectivity index (χ0v) is 43.0. The van der Waals surface area contributed by atoms with Gasteiger partial charge in [-0.2, -0.15) is 0 Å². The van der Waals surface area contributed by atoms with Crippen molar-refractivity contribution in [2.24, 2.45) is 23.2 Å². The number of Topliss-reactive ketones (excluding diaryl/α,β-unsaturated/α-hetero) is 3. The minimum Gasteiger partial charge on any atom is -0.464 e. The van der Waals surface area contributed by atoms with Crippen LogP contribution in [0.1, 0.15) is 167 Å². The van der Waals surface area contributed by atoms with Crippen LogP contribution >= 0.6 is 0 Å². The number of likely N-dealkylation sites (tertiary alicyclic amines) is 1. The number of piperidine rings is 1. The average Bonchev–Trinajstić information content (AvgIpc) is 3.31. The van der Waals surface area contributed by atoms with Gasteiger partial charge in [-0.05, 0) is 136 Å². The van der Waals surface area contributed by atoms with Crippen molar-refractivity contribution in [3.05, 3.63) is 47.6 Å². The molecule has 1 amide bonds. The first kappa shape index (κ1) is 62.2. The topological polar surface area (TPSA) is 183 Å². The van der Waals surface area contributed by atoms with Crippen molar-refractivity contribution in [3.63, 3.8) is 0 Å². The maximum Gasteiger partial charge on any atom is 0.328 e. The summed E-state index contributed by atoms with van der Waals surface area (Å²) in [7, 11) is 1.69. The second-order valence-corrected chi connectivity index (χ2v) is 18.5. The third-order valence-electron chi connectivity index (χ3n) is 12.1. The highest BCUT2D eigenvalue weighted by Crippen LogP contribution is 2.26. The molecule has 2 aliphatic heterocycles.